The molecule has 1 amide bonds. The van der Waals surface area contributed by atoms with Crippen LogP contribution in [0.5, 0.6) is 17.2 Å². The van der Waals surface area contributed by atoms with E-state index in [0.29, 0.717) is 53.6 Å². The standard InChI is InChI=1S/C47H50Cl2FN9O5/c1-26(2)35-20-36(40(62)21-39(35)61)46-55-54-45(27(3)60)59(46)34-7-5-29(6-8-34)24-56-15-11-30(12-16-56)47(63)57-17-13-33(14-18-57)58-25-32(23-53-58)31-19-41(44(51)52-22-31)64-28(4)42-37(48)9-10-38(50)43(42)49/h5-10,19-23,25-26,28,30,33,61-62H,11-18,24H2,1-4H3,(H2,51,52)/t28-/m1/s1. The molecule has 1 atom stereocenters. The van der Waals surface area contributed by atoms with E-state index in [9.17, 15) is 24.2 Å². The van der Waals surface area contributed by atoms with Crippen molar-refractivity contribution in [3.63, 3.8) is 0 Å². The van der Waals surface area contributed by atoms with Gasteiger partial charge in [0.15, 0.2) is 23.2 Å². The van der Waals surface area contributed by atoms with Crippen LogP contribution in [0.2, 0.25) is 10.0 Å². The molecule has 2 aliphatic heterocycles. The number of carbonyl (C=O) groups is 2. The maximum Gasteiger partial charge on any atom is 0.225 e. The number of carbonyl (C=O) groups excluding carboxylic acids is 2. The van der Waals surface area contributed by atoms with Gasteiger partial charge in [0.2, 0.25) is 11.7 Å². The van der Waals surface area contributed by atoms with Crippen LogP contribution in [0.1, 0.15) is 98.8 Å². The van der Waals surface area contributed by atoms with E-state index >= 15 is 0 Å². The largest absolute Gasteiger partial charge is 0.508 e. The number of anilines is 1. The van der Waals surface area contributed by atoms with Crippen LogP contribution >= 0.6 is 23.2 Å². The Bertz CT molecular complexity index is 2690. The first-order valence-corrected chi connectivity index (χ1v) is 22.2. The molecule has 0 bridgehead atoms. The SMILES string of the molecule is CC(=O)c1nnc(-c2cc(C(C)C)c(O)cc2O)n1-c1ccc(CN2CCC(C(=O)N3CCC(n4cc(-c5cnc(N)c(O[C@H](C)c6c(Cl)ccc(F)c6Cl)c5)cn4)CC3)CC2)cc1. The average molecular weight is 911 g/mol. The second-order valence-corrected chi connectivity index (χ2v) is 17.7. The number of piperidine rings is 2. The number of rotatable bonds is 12. The summed E-state index contributed by atoms with van der Waals surface area (Å²) in [5.41, 5.74) is 10.8. The van der Waals surface area contributed by atoms with Gasteiger partial charge < -0.3 is 25.6 Å². The second-order valence-electron chi connectivity index (χ2n) is 16.9. The third kappa shape index (κ3) is 9.15. The number of benzene rings is 3. The van der Waals surface area contributed by atoms with Crippen LogP contribution in [0.15, 0.2) is 73.2 Å². The lowest BCUT2D eigenvalue weighted by Crippen LogP contribution is -2.45. The first kappa shape index (κ1) is 44.6. The number of Topliss-reactive ketones (excluding diaryl/α,β-unsaturated/α-hetero) is 1. The van der Waals surface area contributed by atoms with E-state index in [1.54, 1.807) is 36.0 Å². The van der Waals surface area contributed by atoms with Crippen LogP contribution in [0, 0.1) is 11.7 Å². The summed E-state index contributed by atoms with van der Waals surface area (Å²) in [6, 6.07) is 15.3. The molecule has 0 radical (unpaired) electrons. The summed E-state index contributed by atoms with van der Waals surface area (Å²) < 4.78 is 23.9. The van der Waals surface area contributed by atoms with E-state index in [2.05, 4.69) is 25.2 Å². The number of amides is 1. The second kappa shape index (κ2) is 18.6. The molecular weight excluding hydrogens is 860 g/mol. The van der Waals surface area contributed by atoms with E-state index in [4.69, 9.17) is 33.7 Å². The van der Waals surface area contributed by atoms with Crippen LogP contribution in [-0.4, -0.2) is 87.4 Å². The number of hydrogen-bond donors (Lipinski definition) is 3. The van der Waals surface area contributed by atoms with Crippen molar-refractivity contribution in [1.82, 2.24) is 39.3 Å². The third-order valence-electron chi connectivity index (χ3n) is 12.3. The normalized spacial score (nSPS) is 15.8. The highest BCUT2D eigenvalue weighted by molar-refractivity contribution is 6.36. The lowest BCUT2D eigenvalue weighted by molar-refractivity contribution is -0.138. The van der Waals surface area contributed by atoms with Crippen molar-refractivity contribution in [2.45, 2.75) is 78.0 Å². The molecule has 64 heavy (non-hydrogen) atoms. The molecule has 0 unspecified atom stereocenters. The number of aromatic hydroxyl groups is 2. The molecule has 0 aliphatic carbocycles. The van der Waals surface area contributed by atoms with Crippen LogP contribution in [0.3, 0.4) is 0 Å². The summed E-state index contributed by atoms with van der Waals surface area (Å²) in [5.74, 6) is 0.0331. The minimum atomic E-state index is -0.703. The molecule has 8 rings (SSSR count). The van der Waals surface area contributed by atoms with Gasteiger partial charge in [-0.05, 0) is 99.1 Å². The lowest BCUT2D eigenvalue weighted by Gasteiger charge is -2.37. The van der Waals surface area contributed by atoms with Crippen LogP contribution < -0.4 is 10.5 Å². The number of halogens is 3. The number of nitrogens with two attached hydrogens (primary N) is 1. The quantitative estimate of drug-likeness (QED) is 0.0788. The van der Waals surface area contributed by atoms with E-state index in [-0.39, 0.29) is 62.8 Å². The Labute approximate surface area is 380 Å². The molecule has 6 aromatic rings. The van der Waals surface area contributed by atoms with Crippen LogP contribution in [0.25, 0.3) is 28.2 Å². The summed E-state index contributed by atoms with van der Waals surface area (Å²) in [7, 11) is 0. The van der Waals surface area contributed by atoms with Gasteiger partial charge in [-0.15, -0.1) is 10.2 Å². The summed E-state index contributed by atoms with van der Waals surface area (Å²) in [6.07, 6.45) is 7.80. The van der Waals surface area contributed by atoms with Gasteiger partial charge in [0.25, 0.3) is 0 Å². The molecule has 3 aromatic carbocycles. The molecule has 0 spiro atoms. The number of nitrogens with zero attached hydrogens (tertiary/aromatic N) is 8. The van der Waals surface area contributed by atoms with Crippen molar-refractivity contribution < 1.29 is 28.9 Å². The molecule has 2 aliphatic rings. The predicted octanol–water partition coefficient (Wildman–Crippen LogP) is 9.17. The van der Waals surface area contributed by atoms with E-state index < -0.39 is 11.9 Å². The first-order valence-electron chi connectivity index (χ1n) is 21.4. The Morgan fingerprint density at radius 3 is 2.31 bits per heavy atom. The zero-order chi connectivity index (χ0) is 45.4. The van der Waals surface area contributed by atoms with Gasteiger partial charge in [0.05, 0.1) is 22.8 Å². The Hall–Kier alpha value is -6.03. The maximum atomic E-state index is 14.2. The fourth-order valence-electron chi connectivity index (χ4n) is 8.68. The zero-order valence-corrected chi connectivity index (χ0v) is 37.5. The molecule has 4 N–H and O–H groups in total. The van der Waals surface area contributed by atoms with Crippen molar-refractivity contribution in [3.8, 4) is 45.5 Å². The number of aromatic nitrogens is 6. The predicted molar refractivity (Wildman–Crippen MR) is 242 cm³/mol. The Morgan fingerprint density at radius 2 is 1.62 bits per heavy atom. The topological polar surface area (TPSA) is 178 Å². The van der Waals surface area contributed by atoms with E-state index in [0.717, 1.165) is 55.5 Å². The maximum absolute atomic E-state index is 14.2. The number of nitrogen functional groups attached to an aromatic ring is 1. The molecule has 3 aromatic heterocycles. The number of pyridine rings is 1. The van der Waals surface area contributed by atoms with Crippen molar-refractivity contribution >= 4 is 40.7 Å². The zero-order valence-electron chi connectivity index (χ0n) is 36.0. The van der Waals surface area contributed by atoms with Crippen molar-refractivity contribution in [2.24, 2.45) is 5.92 Å². The highest BCUT2D eigenvalue weighted by Crippen LogP contribution is 2.40. The Balaban J connectivity index is 0.841. The summed E-state index contributed by atoms with van der Waals surface area (Å²) in [4.78, 5) is 35.0. The summed E-state index contributed by atoms with van der Waals surface area (Å²) in [6.45, 7) is 10.6. The summed E-state index contributed by atoms with van der Waals surface area (Å²) >= 11 is 12.5. The van der Waals surface area contributed by atoms with Crippen LogP contribution in [0.4, 0.5) is 10.2 Å². The molecule has 17 heteroatoms. The number of phenolic OH excluding ortho intramolecular Hbond substituents is 2. The highest BCUT2D eigenvalue weighted by Gasteiger charge is 2.32. The fraction of sp³-hybridized carbons (Fsp3) is 0.362. The summed E-state index contributed by atoms with van der Waals surface area (Å²) in [5, 5.41) is 34.5. The van der Waals surface area contributed by atoms with Crippen molar-refractivity contribution in [3.05, 3.63) is 112 Å². The molecule has 0 saturated carbocycles. The lowest BCUT2D eigenvalue weighted by atomic mass is 9.93. The Kier molecular flexibility index (Phi) is 12.9. The fourth-order valence-corrected chi connectivity index (χ4v) is 9.36. The van der Waals surface area contributed by atoms with Gasteiger partial charge >= 0.3 is 0 Å². The first-order chi connectivity index (χ1) is 30.7. The molecule has 5 heterocycles. The van der Waals surface area contributed by atoms with E-state index in [1.165, 1.54) is 25.1 Å². The van der Waals surface area contributed by atoms with E-state index in [1.807, 2.05) is 53.9 Å². The van der Waals surface area contributed by atoms with Gasteiger partial charge in [-0.25, -0.2) is 9.37 Å². The number of ketones is 1. The van der Waals surface area contributed by atoms with Gasteiger partial charge in [0.1, 0.15) is 23.4 Å². The van der Waals surface area contributed by atoms with Crippen molar-refractivity contribution in [2.75, 3.05) is 31.9 Å². The van der Waals surface area contributed by atoms with Gasteiger partial charge in [-0.3, -0.25) is 23.7 Å². The third-order valence-corrected chi connectivity index (χ3v) is 13.0. The monoisotopic (exact) mass is 909 g/mol. The Morgan fingerprint density at radius 1 is 0.906 bits per heavy atom. The minimum absolute atomic E-state index is 0.0125. The van der Waals surface area contributed by atoms with Crippen molar-refractivity contribution in [1.29, 1.82) is 0 Å². The molecule has 14 nitrogen and oxygen atoms in total. The van der Waals surface area contributed by atoms with Crippen LogP contribution in [-0.2, 0) is 11.3 Å². The van der Waals surface area contributed by atoms with Gasteiger partial charge in [-0.2, -0.15) is 5.10 Å². The number of likely N-dealkylation sites (tertiary alicyclic amines) is 2. The number of ether oxygens (including phenoxy) is 1. The van der Waals surface area contributed by atoms with Gasteiger partial charge in [-0.1, -0.05) is 49.2 Å². The minimum Gasteiger partial charge on any atom is -0.508 e. The number of phenols is 2. The average Bonchev–Trinajstić information content (AvgIpc) is 3.95. The molecule has 2 fully saturated rings. The molecule has 2 saturated heterocycles. The number of hydrogen-bond acceptors (Lipinski definition) is 11. The molecular formula is C47H50Cl2FN9O5. The smallest absolute Gasteiger partial charge is 0.225 e. The van der Waals surface area contributed by atoms with Gasteiger partial charge in [0, 0.05) is 78.3 Å². The highest BCUT2D eigenvalue weighted by atomic mass is 35.5. The molecule has 334 valence electrons.